The van der Waals surface area contributed by atoms with Gasteiger partial charge in [0.05, 0.1) is 22.3 Å². The molecule has 1 atom stereocenters. The summed E-state index contributed by atoms with van der Waals surface area (Å²) in [4.78, 5) is 24.1. The summed E-state index contributed by atoms with van der Waals surface area (Å²) in [5, 5.41) is 2.30. The minimum absolute atomic E-state index is 0.116. The normalized spacial score (nSPS) is 12.7. The lowest BCUT2D eigenvalue weighted by molar-refractivity contribution is 0.103. The Morgan fingerprint density at radius 1 is 1.55 bits per heavy atom. The third-order valence-corrected chi connectivity index (χ3v) is 4.07. The van der Waals surface area contributed by atoms with Gasteiger partial charge in [-0.05, 0) is 18.6 Å². The zero-order valence-electron chi connectivity index (χ0n) is 11.0. The quantitative estimate of drug-likeness (QED) is 0.722. The molecule has 0 saturated heterocycles. The first kappa shape index (κ1) is 13.0. The van der Waals surface area contributed by atoms with E-state index in [1.54, 1.807) is 12.4 Å². The van der Waals surface area contributed by atoms with Crippen molar-refractivity contribution in [2.75, 3.05) is 0 Å². The van der Waals surface area contributed by atoms with Crippen LogP contribution in [0, 0.1) is 0 Å². The minimum Gasteiger partial charge on any atom is -0.359 e. The molecule has 0 saturated carbocycles. The summed E-state index contributed by atoms with van der Waals surface area (Å²) in [7, 11) is 0. The highest BCUT2D eigenvalue weighted by molar-refractivity contribution is 7.12. The van der Waals surface area contributed by atoms with Crippen LogP contribution < -0.4 is 5.73 Å². The van der Waals surface area contributed by atoms with Crippen LogP contribution in [0.3, 0.4) is 0 Å². The minimum atomic E-state index is -0.117. The number of nitrogens with one attached hydrogen (secondary N) is 1. The molecule has 0 aliphatic rings. The molecule has 3 rings (SSSR count). The number of nitrogens with two attached hydrogens (primary N) is 1. The largest absolute Gasteiger partial charge is 0.359 e. The van der Waals surface area contributed by atoms with Crippen LogP contribution in [0.4, 0.5) is 0 Å². The predicted octanol–water partition coefficient (Wildman–Crippen LogP) is 2.66. The number of pyridine rings is 1. The number of nitrogens with zero attached hydrogens (tertiary/aromatic N) is 2. The maximum absolute atomic E-state index is 12.5. The van der Waals surface area contributed by atoms with E-state index in [1.807, 2.05) is 24.4 Å². The molecule has 0 radical (unpaired) electrons. The van der Waals surface area contributed by atoms with E-state index < -0.39 is 0 Å². The van der Waals surface area contributed by atoms with Gasteiger partial charge < -0.3 is 10.7 Å². The average Bonchev–Trinajstić information content (AvgIpc) is 3.12. The molecule has 5 nitrogen and oxygen atoms in total. The van der Waals surface area contributed by atoms with Crippen molar-refractivity contribution in [2.45, 2.75) is 19.4 Å². The molecular formula is C14H14N4OS. The summed E-state index contributed by atoms with van der Waals surface area (Å²) in [6, 6.07) is 3.60. The van der Waals surface area contributed by atoms with Gasteiger partial charge in [-0.15, -0.1) is 11.3 Å². The lowest BCUT2D eigenvalue weighted by atomic mass is 10.2. The first-order valence-electron chi connectivity index (χ1n) is 6.38. The maximum Gasteiger partial charge on any atom is 0.225 e. The van der Waals surface area contributed by atoms with Crippen LogP contribution in [0.1, 0.15) is 40.4 Å². The van der Waals surface area contributed by atoms with Crippen molar-refractivity contribution in [3.05, 3.63) is 46.2 Å². The van der Waals surface area contributed by atoms with Gasteiger partial charge in [-0.2, -0.15) is 0 Å². The molecule has 3 N–H and O–H groups in total. The SMILES string of the molecule is CC[C@H](N)c1csc(C(=O)c2c[nH]c3cccnc23)n1. The van der Waals surface area contributed by atoms with Gasteiger partial charge in [-0.25, -0.2) is 4.98 Å². The second kappa shape index (κ2) is 5.15. The fourth-order valence-corrected chi connectivity index (χ4v) is 2.85. The topological polar surface area (TPSA) is 84.7 Å². The van der Waals surface area contributed by atoms with E-state index in [0.717, 1.165) is 17.6 Å². The second-order valence-electron chi connectivity index (χ2n) is 4.52. The number of ketones is 1. The summed E-state index contributed by atoms with van der Waals surface area (Å²) in [6.07, 6.45) is 4.15. The van der Waals surface area contributed by atoms with Crippen molar-refractivity contribution in [3.63, 3.8) is 0 Å². The first-order valence-corrected chi connectivity index (χ1v) is 7.26. The number of rotatable bonds is 4. The Balaban J connectivity index is 1.98. The lowest BCUT2D eigenvalue weighted by Crippen LogP contribution is -2.10. The standard InChI is InChI=1S/C14H14N4OS/c1-2-9(15)11-7-20-14(18-11)13(19)8-6-17-10-4-3-5-16-12(8)10/h3-7,9,17H,2,15H2,1H3/t9-/m0/s1. The smallest absolute Gasteiger partial charge is 0.225 e. The predicted molar refractivity (Wildman–Crippen MR) is 78.9 cm³/mol. The third-order valence-electron chi connectivity index (χ3n) is 3.22. The number of fused-ring (bicyclic) bond motifs is 1. The van der Waals surface area contributed by atoms with Crippen LogP contribution in [-0.4, -0.2) is 20.7 Å². The number of hydrogen-bond acceptors (Lipinski definition) is 5. The molecule has 0 fully saturated rings. The molecule has 3 aromatic heterocycles. The van der Waals surface area contributed by atoms with E-state index in [4.69, 9.17) is 5.73 Å². The first-order chi connectivity index (χ1) is 9.70. The van der Waals surface area contributed by atoms with Gasteiger partial charge in [-0.3, -0.25) is 9.78 Å². The van der Waals surface area contributed by atoms with Crippen LogP contribution >= 0.6 is 11.3 Å². The Labute approximate surface area is 119 Å². The highest BCUT2D eigenvalue weighted by Crippen LogP contribution is 2.23. The van der Waals surface area contributed by atoms with E-state index in [9.17, 15) is 4.79 Å². The monoisotopic (exact) mass is 286 g/mol. The summed E-state index contributed by atoms with van der Waals surface area (Å²) in [6.45, 7) is 2.00. The van der Waals surface area contributed by atoms with E-state index in [-0.39, 0.29) is 11.8 Å². The highest BCUT2D eigenvalue weighted by Gasteiger charge is 2.19. The van der Waals surface area contributed by atoms with Gasteiger partial charge >= 0.3 is 0 Å². The molecule has 0 amide bonds. The number of carbonyl (C=O) groups is 1. The summed E-state index contributed by atoms with van der Waals surface area (Å²) < 4.78 is 0. The third kappa shape index (κ3) is 2.13. The van der Waals surface area contributed by atoms with E-state index >= 15 is 0 Å². The second-order valence-corrected chi connectivity index (χ2v) is 5.38. The summed E-state index contributed by atoms with van der Waals surface area (Å²) >= 11 is 1.33. The fourth-order valence-electron chi connectivity index (χ4n) is 2.01. The Hall–Kier alpha value is -2.05. The number of thiazole rings is 1. The van der Waals surface area contributed by atoms with Crippen LogP contribution in [0.25, 0.3) is 11.0 Å². The van der Waals surface area contributed by atoms with Crippen molar-refractivity contribution < 1.29 is 4.79 Å². The maximum atomic E-state index is 12.5. The molecule has 3 aromatic rings. The molecule has 0 aromatic carbocycles. The molecule has 0 unspecified atom stereocenters. The number of hydrogen-bond donors (Lipinski definition) is 2. The Kier molecular flexibility index (Phi) is 3.33. The molecule has 0 aliphatic carbocycles. The van der Waals surface area contributed by atoms with Crippen molar-refractivity contribution >= 4 is 28.2 Å². The number of H-pyrrole nitrogens is 1. The van der Waals surface area contributed by atoms with Crippen LogP contribution in [-0.2, 0) is 0 Å². The number of carbonyl (C=O) groups excluding carboxylic acids is 1. The van der Waals surface area contributed by atoms with Crippen LogP contribution in [0.15, 0.2) is 29.9 Å². The molecule has 0 bridgehead atoms. The van der Waals surface area contributed by atoms with Gasteiger partial charge in [0.15, 0.2) is 5.01 Å². The zero-order chi connectivity index (χ0) is 14.1. The van der Waals surface area contributed by atoms with Gasteiger partial charge in [0.2, 0.25) is 5.78 Å². The van der Waals surface area contributed by atoms with Gasteiger partial charge in [0, 0.05) is 23.8 Å². The molecule has 3 heterocycles. The Bertz CT molecular complexity index is 761. The molecular weight excluding hydrogens is 272 g/mol. The van der Waals surface area contributed by atoms with Crippen LogP contribution in [0.5, 0.6) is 0 Å². The average molecular weight is 286 g/mol. The molecule has 0 spiro atoms. The highest BCUT2D eigenvalue weighted by atomic mass is 32.1. The van der Waals surface area contributed by atoms with Crippen molar-refractivity contribution in [1.29, 1.82) is 0 Å². The van der Waals surface area contributed by atoms with E-state index in [0.29, 0.717) is 16.1 Å². The van der Waals surface area contributed by atoms with Crippen molar-refractivity contribution in [3.8, 4) is 0 Å². The van der Waals surface area contributed by atoms with Gasteiger partial charge in [-0.1, -0.05) is 6.92 Å². The van der Waals surface area contributed by atoms with Gasteiger partial charge in [0.1, 0.15) is 0 Å². The number of aromatic amines is 1. The Morgan fingerprint density at radius 2 is 2.40 bits per heavy atom. The van der Waals surface area contributed by atoms with E-state index in [2.05, 4.69) is 15.0 Å². The summed E-state index contributed by atoms with van der Waals surface area (Å²) in [5.74, 6) is -0.116. The fraction of sp³-hybridized carbons (Fsp3) is 0.214. The molecule has 20 heavy (non-hydrogen) atoms. The summed E-state index contributed by atoms with van der Waals surface area (Å²) in [5.41, 5.74) is 8.77. The number of aromatic nitrogens is 3. The molecule has 0 aliphatic heterocycles. The van der Waals surface area contributed by atoms with Crippen LogP contribution in [0.2, 0.25) is 0 Å². The lowest BCUT2D eigenvalue weighted by Gasteiger charge is -2.02. The molecule has 102 valence electrons. The van der Waals surface area contributed by atoms with Crippen molar-refractivity contribution in [1.82, 2.24) is 15.0 Å². The van der Waals surface area contributed by atoms with Gasteiger partial charge in [0.25, 0.3) is 0 Å². The molecule has 6 heteroatoms. The Morgan fingerprint density at radius 3 is 3.20 bits per heavy atom. The van der Waals surface area contributed by atoms with Crippen molar-refractivity contribution in [2.24, 2.45) is 5.73 Å². The van der Waals surface area contributed by atoms with E-state index in [1.165, 1.54) is 11.3 Å². The zero-order valence-corrected chi connectivity index (χ0v) is 11.8.